The van der Waals surface area contributed by atoms with Gasteiger partial charge >= 0.3 is 0 Å². The summed E-state index contributed by atoms with van der Waals surface area (Å²) in [6, 6.07) is 23.4. The van der Waals surface area contributed by atoms with Crippen LogP contribution in [0.4, 0.5) is 0 Å². The maximum atomic E-state index is 6.83. The molecule has 1 aliphatic rings. The van der Waals surface area contributed by atoms with Crippen LogP contribution >= 0.6 is 0 Å². The molecular weight excluding hydrogens is 410 g/mol. The number of rotatable bonds is 3. The van der Waals surface area contributed by atoms with Crippen molar-refractivity contribution in [2.75, 3.05) is 0 Å². The van der Waals surface area contributed by atoms with Crippen LogP contribution in [0.25, 0.3) is 33.0 Å². The molecule has 3 heterocycles. The van der Waals surface area contributed by atoms with E-state index in [0.717, 1.165) is 39.1 Å². The van der Waals surface area contributed by atoms with E-state index in [1.807, 2.05) is 12.3 Å². The van der Waals surface area contributed by atoms with Crippen LogP contribution in [-0.4, -0.2) is 13.1 Å². The fraction of sp³-hybridized carbons (Fsp3) is 0.179. The molecule has 0 amide bonds. The summed E-state index contributed by atoms with van der Waals surface area (Å²) in [5.74, 6) is 2.09. The summed E-state index contributed by atoms with van der Waals surface area (Å²) in [5, 5.41) is 5.74. The molecule has 0 spiro atoms. The Morgan fingerprint density at radius 2 is 1.62 bits per heavy atom. The monoisotopic (exact) mass is 435 g/mol. The van der Waals surface area contributed by atoms with Gasteiger partial charge in [0.05, 0.1) is 11.1 Å². The van der Waals surface area contributed by atoms with Crippen molar-refractivity contribution in [1.82, 2.24) is 4.98 Å². The Balaban J connectivity index is 1.69. The number of benzene rings is 3. The van der Waals surface area contributed by atoms with Crippen molar-refractivity contribution >= 4 is 40.4 Å². The lowest BCUT2D eigenvalue weighted by Gasteiger charge is -2.26. The number of aromatic nitrogens is 1. The zero-order valence-electron chi connectivity index (χ0n) is 18.8. The van der Waals surface area contributed by atoms with Gasteiger partial charge in [-0.3, -0.25) is 4.98 Å². The molecule has 4 heteroatoms. The average Bonchev–Trinajstić information content (AvgIpc) is 3.19. The number of ether oxygens (including phenoxy) is 1. The van der Waals surface area contributed by atoms with Crippen molar-refractivity contribution in [1.29, 1.82) is 0 Å². The molecule has 32 heavy (non-hydrogen) atoms. The van der Waals surface area contributed by atoms with E-state index in [4.69, 9.17) is 14.1 Å². The van der Waals surface area contributed by atoms with Crippen molar-refractivity contribution in [3.05, 3.63) is 78.5 Å². The zero-order valence-corrected chi connectivity index (χ0v) is 19.8. The summed E-state index contributed by atoms with van der Waals surface area (Å²) in [6.45, 7) is 9.11. The molecular formula is C28H25NO2Si. The maximum absolute atomic E-state index is 6.83. The maximum Gasteiger partial charge on any atom is 0.174 e. The van der Waals surface area contributed by atoms with Crippen LogP contribution < -0.4 is 15.3 Å². The Morgan fingerprint density at radius 1 is 0.875 bits per heavy atom. The Hall–Kier alpha value is -3.37. The van der Waals surface area contributed by atoms with Gasteiger partial charge in [0.25, 0.3) is 0 Å². The number of nitrogens with zero attached hydrogens (tertiary/aromatic N) is 1. The highest BCUT2D eigenvalue weighted by atomic mass is 28.3. The highest BCUT2D eigenvalue weighted by Gasteiger charge is 2.39. The van der Waals surface area contributed by atoms with Gasteiger partial charge in [0, 0.05) is 17.3 Å². The summed E-state index contributed by atoms with van der Waals surface area (Å²) in [4.78, 5) is 4.83. The van der Waals surface area contributed by atoms with Crippen molar-refractivity contribution in [2.24, 2.45) is 0 Å². The molecule has 2 aromatic heterocycles. The molecule has 6 rings (SSSR count). The normalized spacial score (nSPS) is 12.9. The summed E-state index contributed by atoms with van der Waals surface area (Å²) in [5.41, 5.74) is 4.09. The smallest absolute Gasteiger partial charge is 0.174 e. The Labute approximate surface area is 188 Å². The van der Waals surface area contributed by atoms with E-state index >= 15 is 0 Å². The SMILES string of the molecule is CC(C)c1c2c(cc3ccccc13)-c1nccc3oc([Si](C)(C)c4ccccc4)c(c13)O2. The molecule has 0 fully saturated rings. The van der Waals surface area contributed by atoms with Gasteiger partial charge < -0.3 is 9.15 Å². The van der Waals surface area contributed by atoms with Crippen LogP contribution in [0.1, 0.15) is 25.3 Å². The summed E-state index contributed by atoms with van der Waals surface area (Å²) in [7, 11) is -2.13. The van der Waals surface area contributed by atoms with Crippen LogP contribution in [0.15, 0.2) is 77.3 Å². The standard InChI is InChI=1S/C28H25NO2Si/c1-17(2)23-20-13-9-8-10-18(20)16-21-25-24-22(14-15-29-25)30-28(27(24)31-26(21)23)32(3,4)19-11-6-5-7-12-19/h5-17H,1-4H3. The Kier molecular flexibility index (Phi) is 4.11. The van der Waals surface area contributed by atoms with Gasteiger partial charge in [0.15, 0.2) is 13.8 Å². The second kappa shape index (κ2) is 6.81. The molecule has 0 unspecified atom stereocenters. The lowest BCUT2D eigenvalue weighted by atomic mass is 9.89. The van der Waals surface area contributed by atoms with Crippen molar-refractivity contribution < 1.29 is 9.15 Å². The lowest BCUT2D eigenvalue weighted by Crippen LogP contribution is -2.52. The van der Waals surface area contributed by atoms with Gasteiger partial charge in [-0.15, -0.1) is 0 Å². The first kappa shape index (κ1) is 19.3. The molecule has 1 aliphatic heterocycles. The second-order valence-corrected chi connectivity index (χ2v) is 13.7. The zero-order chi connectivity index (χ0) is 22.0. The number of furan rings is 1. The third-order valence-electron chi connectivity index (χ3n) is 6.70. The summed E-state index contributed by atoms with van der Waals surface area (Å²) < 4.78 is 13.4. The molecule has 5 aromatic rings. The lowest BCUT2D eigenvalue weighted by molar-refractivity contribution is 0.473. The van der Waals surface area contributed by atoms with Crippen molar-refractivity contribution in [3.8, 4) is 22.8 Å². The highest BCUT2D eigenvalue weighted by Crippen LogP contribution is 2.51. The summed E-state index contributed by atoms with van der Waals surface area (Å²) in [6.07, 6.45) is 1.85. The largest absolute Gasteiger partial charge is 0.462 e. The minimum absolute atomic E-state index is 0.310. The molecule has 3 aromatic carbocycles. The minimum Gasteiger partial charge on any atom is -0.462 e. The van der Waals surface area contributed by atoms with Gasteiger partial charge in [-0.25, -0.2) is 0 Å². The van der Waals surface area contributed by atoms with Gasteiger partial charge in [-0.05, 0) is 28.8 Å². The Bertz CT molecular complexity index is 1500. The summed E-state index contributed by atoms with van der Waals surface area (Å²) >= 11 is 0. The van der Waals surface area contributed by atoms with Gasteiger partial charge in [-0.2, -0.15) is 0 Å². The molecule has 0 atom stereocenters. The van der Waals surface area contributed by atoms with Gasteiger partial charge in [0.1, 0.15) is 16.7 Å². The van der Waals surface area contributed by atoms with E-state index in [2.05, 4.69) is 87.6 Å². The van der Waals surface area contributed by atoms with E-state index in [0.29, 0.717) is 5.92 Å². The topological polar surface area (TPSA) is 35.3 Å². The quantitative estimate of drug-likeness (QED) is 0.290. The first-order valence-electron chi connectivity index (χ1n) is 11.2. The first-order valence-corrected chi connectivity index (χ1v) is 14.2. The molecule has 158 valence electrons. The molecule has 0 saturated heterocycles. The highest BCUT2D eigenvalue weighted by molar-refractivity contribution is 7.00. The fourth-order valence-corrected chi connectivity index (χ4v) is 7.43. The van der Waals surface area contributed by atoms with Gasteiger partial charge in [-0.1, -0.05) is 86.7 Å². The van der Waals surface area contributed by atoms with Crippen LogP contribution in [-0.2, 0) is 0 Å². The number of pyridine rings is 1. The number of fused-ring (bicyclic) bond motifs is 3. The van der Waals surface area contributed by atoms with E-state index in [1.165, 1.54) is 21.5 Å². The van der Waals surface area contributed by atoms with E-state index in [1.54, 1.807) is 0 Å². The van der Waals surface area contributed by atoms with Crippen molar-refractivity contribution in [3.63, 3.8) is 0 Å². The first-order chi connectivity index (χ1) is 15.5. The van der Waals surface area contributed by atoms with E-state index in [9.17, 15) is 0 Å². The molecule has 0 saturated carbocycles. The average molecular weight is 436 g/mol. The predicted octanol–water partition coefficient (Wildman–Crippen LogP) is 6.70. The molecule has 0 N–H and O–H groups in total. The minimum atomic E-state index is -2.13. The Morgan fingerprint density at radius 3 is 2.41 bits per heavy atom. The third-order valence-corrected chi connectivity index (χ3v) is 9.94. The van der Waals surface area contributed by atoms with Crippen molar-refractivity contribution in [2.45, 2.75) is 32.9 Å². The fourth-order valence-electron chi connectivity index (χ4n) is 5.04. The van der Waals surface area contributed by atoms with Crippen LogP contribution in [0.5, 0.6) is 11.5 Å². The molecule has 3 nitrogen and oxygen atoms in total. The molecule has 0 radical (unpaired) electrons. The van der Waals surface area contributed by atoms with E-state index in [-0.39, 0.29) is 0 Å². The number of hydrogen-bond acceptors (Lipinski definition) is 3. The predicted molar refractivity (Wildman–Crippen MR) is 134 cm³/mol. The second-order valence-electron chi connectivity index (χ2n) is 9.43. The van der Waals surface area contributed by atoms with E-state index < -0.39 is 8.07 Å². The van der Waals surface area contributed by atoms with Crippen LogP contribution in [0.2, 0.25) is 13.1 Å². The number of hydrogen-bond donors (Lipinski definition) is 0. The van der Waals surface area contributed by atoms with Gasteiger partial charge in [0.2, 0.25) is 0 Å². The molecule has 0 aliphatic carbocycles. The molecule has 0 bridgehead atoms. The van der Waals surface area contributed by atoms with Crippen LogP contribution in [0.3, 0.4) is 0 Å². The third kappa shape index (κ3) is 2.62. The van der Waals surface area contributed by atoms with Crippen LogP contribution in [0, 0.1) is 0 Å².